The number of aromatic nitrogens is 3. The molecular formula is C24H24F2N4O5S. The van der Waals surface area contributed by atoms with Crippen LogP contribution in [0.3, 0.4) is 0 Å². The lowest BCUT2D eigenvalue weighted by Crippen LogP contribution is -2.43. The van der Waals surface area contributed by atoms with Gasteiger partial charge >= 0.3 is 0 Å². The van der Waals surface area contributed by atoms with Gasteiger partial charge in [-0.25, -0.2) is 18.4 Å². The summed E-state index contributed by atoms with van der Waals surface area (Å²) in [7, 11) is 0. The molecular weight excluding hydrogens is 494 g/mol. The number of halogens is 2. The second kappa shape index (κ2) is 11.2. The van der Waals surface area contributed by atoms with Crippen LogP contribution in [0.5, 0.6) is 0 Å². The van der Waals surface area contributed by atoms with Crippen molar-refractivity contribution in [2.75, 3.05) is 13.2 Å². The van der Waals surface area contributed by atoms with Gasteiger partial charge in [-0.2, -0.15) is 5.10 Å². The lowest BCUT2D eigenvalue weighted by molar-refractivity contribution is -0.384. The minimum atomic E-state index is -1.72. The van der Waals surface area contributed by atoms with Crippen molar-refractivity contribution in [2.24, 2.45) is 0 Å². The molecule has 9 nitrogen and oxygen atoms in total. The second-order valence-electron chi connectivity index (χ2n) is 8.28. The molecule has 4 rings (SSSR count). The van der Waals surface area contributed by atoms with Crippen LogP contribution in [0.2, 0.25) is 0 Å². The van der Waals surface area contributed by atoms with Gasteiger partial charge in [-0.3, -0.25) is 10.1 Å². The number of non-ortho nitro benzene ring substituents is 1. The molecule has 0 saturated carbocycles. The number of nitro benzene ring substituents is 1. The van der Waals surface area contributed by atoms with Crippen molar-refractivity contribution in [2.45, 2.75) is 35.9 Å². The third-order valence-electron chi connectivity index (χ3n) is 5.78. The van der Waals surface area contributed by atoms with Gasteiger partial charge in [0.25, 0.3) is 5.69 Å². The number of aliphatic hydroxyl groups is 1. The highest BCUT2D eigenvalue weighted by molar-refractivity contribution is 8.00. The minimum Gasteiger partial charge on any atom is -0.382 e. The molecule has 2 aromatic carbocycles. The Kier molecular flexibility index (Phi) is 8.09. The fraction of sp³-hybridized carbons (Fsp3) is 0.333. The van der Waals surface area contributed by atoms with E-state index in [4.69, 9.17) is 9.47 Å². The van der Waals surface area contributed by atoms with Crippen LogP contribution in [-0.4, -0.2) is 54.8 Å². The lowest BCUT2D eigenvalue weighted by Gasteiger charge is -2.37. The molecule has 1 aromatic heterocycles. The molecule has 1 saturated heterocycles. The summed E-state index contributed by atoms with van der Waals surface area (Å²) in [5.74, 6) is -1.58. The number of nitrogens with zero attached hydrogens (tertiary/aromatic N) is 4. The van der Waals surface area contributed by atoms with E-state index in [0.717, 1.165) is 17.7 Å². The Hall–Kier alpha value is -3.19. The summed E-state index contributed by atoms with van der Waals surface area (Å²) in [5.41, 5.74) is -0.989. The molecule has 1 aliphatic heterocycles. The van der Waals surface area contributed by atoms with E-state index >= 15 is 0 Å². The van der Waals surface area contributed by atoms with Crippen LogP contribution >= 0.6 is 11.8 Å². The molecule has 1 fully saturated rings. The molecule has 190 valence electrons. The summed E-state index contributed by atoms with van der Waals surface area (Å²) >= 11 is 1.37. The van der Waals surface area contributed by atoms with E-state index < -0.39 is 33.7 Å². The zero-order valence-electron chi connectivity index (χ0n) is 19.2. The molecule has 1 aliphatic rings. The van der Waals surface area contributed by atoms with Gasteiger partial charge in [0.05, 0.1) is 29.9 Å². The average molecular weight is 519 g/mol. The quantitative estimate of drug-likeness (QED) is 0.335. The van der Waals surface area contributed by atoms with E-state index in [-0.39, 0.29) is 23.0 Å². The first-order chi connectivity index (χ1) is 17.2. The predicted molar refractivity (Wildman–Crippen MR) is 129 cm³/mol. The van der Waals surface area contributed by atoms with E-state index in [1.807, 2.05) is 0 Å². The predicted octanol–water partition coefficient (Wildman–Crippen LogP) is 3.93. The summed E-state index contributed by atoms with van der Waals surface area (Å²) in [6.45, 7) is 2.30. The summed E-state index contributed by atoms with van der Waals surface area (Å²) in [4.78, 5) is 14.2. The van der Waals surface area contributed by atoms with Crippen LogP contribution in [0.25, 0.3) is 6.08 Å². The van der Waals surface area contributed by atoms with E-state index in [1.165, 1.54) is 47.3 Å². The number of hydrogen-bond acceptors (Lipinski definition) is 8. The van der Waals surface area contributed by atoms with Crippen molar-refractivity contribution in [3.05, 3.63) is 94.1 Å². The summed E-state index contributed by atoms with van der Waals surface area (Å²) in [5, 5.41) is 25.7. The molecule has 0 radical (unpaired) electrons. The Labute approximate surface area is 209 Å². The Balaban J connectivity index is 1.39. The fourth-order valence-electron chi connectivity index (χ4n) is 3.82. The maximum atomic E-state index is 14.7. The molecule has 0 unspecified atom stereocenters. The normalized spacial score (nSPS) is 20.8. The number of thioether (sulfide) groups is 1. The van der Waals surface area contributed by atoms with Crippen LogP contribution < -0.4 is 0 Å². The smallest absolute Gasteiger partial charge is 0.269 e. The van der Waals surface area contributed by atoms with E-state index in [9.17, 15) is 24.0 Å². The highest BCUT2D eigenvalue weighted by Gasteiger charge is 2.41. The van der Waals surface area contributed by atoms with Gasteiger partial charge < -0.3 is 14.6 Å². The number of benzene rings is 2. The van der Waals surface area contributed by atoms with Crippen LogP contribution in [0, 0.1) is 21.7 Å². The summed E-state index contributed by atoms with van der Waals surface area (Å²) < 4.78 is 41.2. The van der Waals surface area contributed by atoms with Gasteiger partial charge in [-0.15, -0.1) is 11.8 Å². The van der Waals surface area contributed by atoms with Crippen LogP contribution in [0.1, 0.15) is 18.1 Å². The third-order valence-corrected chi connectivity index (χ3v) is 7.23. The van der Waals surface area contributed by atoms with Crippen molar-refractivity contribution in [1.82, 2.24) is 14.8 Å². The first-order valence-corrected chi connectivity index (χ1v) is 12.0. The fourth-order valence-corrected chi connectivity index (χ4v) is 5.14. The van der Waals surface area contributed by atoms with Gasteiger partial charge in [0.1, 0.15) is 29.9 Å². The number of nitro groups is 1. The van der Waals surface area contributed by atoms with Crippen molar-refractivity contribution < 1.29 is 28.3 Å². The number of ether oxygens (including phenoxy) is 2. The van der Waals surface area contributed by atoms with Crippen LogP contribution in [0.15, 0.2) is 61.2 Å². The molecule has 1 N–H and O–H groups in total. The van der Waals surface area contributed by atoms with Crippen molar-refractivity contribution >= 4 is 23.5 Å². The minimum absolute atomic E-state index is 0.00981. The Morgan fingerprint density at radius 2 is 2.00 bits per heavy atom. The molecule has 2 heterocycles. The first-order valence-electron chi connectivity index (χ1n) is 11.1. The van der Waals surface area contributed by atoms with Crippen molar-refractivity contribution in [3.8, 4) is 0 Å². The van der Waals surface area contributed by atoms with E-state index in [0.29, 0.717) is 13.2 Å². The number of rotatable bonds is 9. The van der Waals surface area contributed by atoms with E-state index in [1.54, 1.807) is 31.2 Å². The Morgan fingerprint density at radius 1 is 1.28 bits per heavy atom. The molecule has 0 bridgehead atoms. The SMILES string of the molecule is C[C@@H](S[C@H]1CO[C@H](/C=C/c2ccc([N+](=O)[O-])cc2)OC1)[C@](O)(Cn1cncn1)c1ccc(F)cc1F. The monoisotopic (exact) mass is 518 g/mol. The number of hydrogen-bond donors (Lipinski definition) is 1. The van der Waals surface area contributed by atoms with Gasteiger partial charge in [0.15, 0.2) is 6.29 Å². The van der Waals surface area contributed by atoms with E-state index in [2.05, 4.69) is 10.1 Å². The lowest BCUT2D eigenvalue weighted by atomic mass is 9.90. The van der Waals surface area contributed by atoms with Gasteiger partial charge in [0, 0.05) is 29.0 Å². The highest BCUT2D eigenvalue weighted by atomic mass is 32.2. The summed E-state index contributed by atoms with van der Waals surface area (Å²) in [6, 6.07) is 9.18. The van der Waals surface area contributed by atoms with Crippen LogP contribution in [-0.2, 0) is 21.6 Å². The first kappa shape index (κ1) is 25.9. The molecule has 0 spiro atoms. The standard InChI is InChI=1S/C24H24F2N4O5S/c1-16(24(31,13-29-15-27-14-28-29)21-8-5-18(25)10-22(21)26)36-20-11-34-23(35-12-20)9-4-17-2-6-19(7-3-17)30(32)33/h2-10,14-16,20,23,31H,11-13H2,1H3/b9-4+/t16-,20-,23-,24-/m1/s1. The average Bonchev–Trinajstić information content (AvgIpc) is 3.36. The third kappa shape index (κ3) is 6.13. The van der Waals surface area contributed by atoms with Gasteiger partial charge in [0.2, 0.25) is 0 Å². The maximum absolute atomic E-state index is 14.7. The Bertz CT molecular complexity index is 1200. The van der Waals surface area contributed by atoms with Gasteiger partial charge in [-0.05, 0) is 29.8 Å². The molecule has 36 heavy (non-hydrogen) atoms. The molecule has 12 heteroatoms. The molecule has 3 aromatic rings. The molecule has 0 amide bonds. The Morgan fingerprint density at radius 3 is 2.61 bits per heavy atom. The van der Waals surface area contributed by atoms with Crippen LogP contribution in [0.4, 0.5) is 14.5 Å². The zero-order chi connectivity index (χ0) is 25.7. The summed E-state index contributed by atoms with van der Waals surface area (Å²) in [6.07, 6.45) is 5.58. The van der Waals surface area contributed by atoms with Gasteiger partial charge in [-0.1, -0.05) is 19.1 Å². The largest absolute Gasteiger partial charge is 0.382 e. The molecule has 2 atom stereocenters. The second-order valence-corrected chi connectivity index (χ2v) is 9.93. The molecule has 0 aliphatic carbocycles. The van der Waals surface area contributed by atoms with Crippen molar-refractivity contribution in [3.63, 3.8) is 0 Å². The maximum Gasteiger partial charge on any atom is 0.269 e. The highest BCUT2D eigenvalue weighted by Crippen LogP contribution is 2.38. The van der Waals surface area contributed by atoms with Crippen molar-refractivity contribution in [1.29, 1.82) is 0 Å². The zero-order valence-corrected chi connectivity index (χ0v) is 20.1. The topological polar surface area (TPSA) is 113 Å².